The molecule has 1 fully saturated rings. The molecule has 0 N–H and O–H groups in total. The minimum Gasteiger partial charge on any atom is -0.378 e. The highest BCUT2D eigenvalue weighted by Crippen LogP contribution is 2.33. The van der Waals surface area contributed by atoms with Gasteiger partial charge in [0.2, 0.25) is 9.05 Å². The largest absolute Gasteiger partial charge is 0.378 e. The molecule has 1 aliphatic carbocycles. The van der Waals surface area contributed by atoms with E-state index in [0.717, 1.165) is 25.4 Å². The van der Waals surface area contributed by atoms with Gasteiger partial charge in [-0.3, -0.25) is 0 Å². The molecule has 0 saturated heterocycles. The average molecular weight is 255 g/mol. The first-order chi connectivity index (χ1) is 6.99. The SMILES string of the molecule is CC(OCCCCCS(=O)(=O)Cl)C1CC1. The molecule has 3 nitrogen and oxygen atoms in total. The van der Waals surface area contributed by atoms with Crippen LogP contribution in [0.1, 0.15) is 39.0 Å². The van der Waals surface area contributed by atoms with Crippen LogP contribution >= 0.6 is 10.7 Å². The zero-order valence-electron chi connectivity index (χ0n) is 9.12. The maximum Gasteiger partial charge on any atom is 0.232 e. The summed E-state index contributed by atoms with van der Waals surface area (Å²) < 4.78 is 26.8. The standard InChI is InChI=1S/C10H19ClO3S/c1-9(10-5-6-10)14-7-3-2-4-8-15(11,12)13/h9-10H,2-8H2,1H3. The normalized spacial score (nSPS) is 19.1. The van der Waals surface area contributed by atoms with Crippen LogP contribution in [0.2, 0.25) is 0 Å². The molecular formula is C10H19ClO3S. The summed E-state index contributed by atoms with van der Waals surface area (Å²) in [6.07, 6.45) is 5.39. The van der Waals surface area contributed by atoms with E-state index >= 15 is 0 Å². The monoisotopic (exact) mass is 254 g/mol. The first-order valence-corrected chi connectivity index (χ1v) is 8.01. The van der Waals surface area contributed by atoms with E-state index < -0.39 is 9.05 Å². The van der Waals surface area contributed by atoms with Crippen LogP contribution in [-0.2, 0) is 13.8 Å². The number of hydrogen-bond acceptors (Lipinski definition) is 3. The lowest BCUT2D eigenvalue weighted by Crippen LogP contribution is -2.11. The molecule has 15 heavy (non-hydrogen) atoms. The van der Waals surface area contributed by atoms with Gasteiger partial charge in [0.15, 0.2) is 0 Å². The summed E-state index contributed by atoms with van der Waals surface area (Å²) in [5.41, 5.74) is 0. The Balaban J connectivity index is 1.88. The predicted molar refractivity (Wildman–Crippen MR) is 61.6 cm³/mol. The van der Waals surface area contributed by atoms with Crippen LogP contribution in [0.25, 0.3) is 0 Å². The lowest BCUT2D eigenvalue weighted by molar-refractivity contribution is 0.0488. The summed E-state index contributed by atoms with van der Waals surface area (Å²) in [5.74, 6) is 0.848. The zero-order valence-corrected chi connectivity index (χ0v) is 10.7. The molecule has 0 aliphatic heterocycles. The lowest BCUT2D eigenvalue weighted by atomic mass is 10.2. The Bertz CT molecular complexity index is 272. The van der Waals surface area contributed by atoms with Crippen LogP contribution in [0.3, 0.4) is 0 Å². The molecule has 0 amide bonds. The Labute approximate surface area is 96.6 Å². The summed E-state index contributed by atoms with van der Waals surface area (Å²) in [4.78, 5) is 0. The first kappa shape index (κ1) is 13.3. The third-order valence-electron chi connectivity index (χ3n) is 2.70. The smallest absolute Gasteiger partial charge is 0.232 e. The van der Waals surface area contributed by atoms with Crippen LogP contribution in [-0.4, -0.2) is 26.9 Å². The van der Waals surface area contributed by atoms with Crippen LogP contribution in [0.5, 0.6) is 0 Å². The van der Waals surface area contributed by atoms with E-state index in [4.69, 9.17) is 15.4 Å². The molecule has 1 rings (SSSR count). The Hall–Kier alpha value is 0.200. The van der Waals surface area contributed by atoms with Crippen molar-refractivity contribution in [3.8, 4) is 0 Å². The third-order valence-corrected chi connectivity index (χ3v) is 3.94. The first-order valence-electron chi connectivity index (χ1n) is 5.53. The third kappa shape index (κ3) is 7.14. The molecule has 1 aliphatic rings. The van der Waals surface area contributed by atoms with Crippen molar-refractivity contribution in [2.75, 3.05) is 12.4 Å². The van der Waals surface area contributed by atoms with Gasteiger partial charge in [0, 0.05) is 17.3 Å². The molecule has 0 heterocycles. The highest BCUT2D eigenvalue weighted by molar-refractivity contribution is 8.13. The number of halogens is 1. The van der Waals surface area contributed by atoms with Gasteiger partial charge >= 0.3 is 0 Å². The van der Waals surface area contributed by atoms with Gasteiger partial charge in [-0.25, -0.2) is 8.42 Å². The maximum absolute atomic E-state index is 10.6. The van der Waals surface area contributed by atoms with E-state index in [9.17, 15) is 8.42 Å². The van der Waals surface area contributed by atoms with E-state index in [1.54, 1.807) is 0 Å². The molecule has 1 unspecified atom stereocenters. The second-order valence-corrected chi connectivity index (χ2v) is 7.11. The quantitative estimate of drug-likeness (QED) is 0.494. The molecule has 0 radical (unpaired) electrons. The van der Waals surface area contributed by atoms with Crippen molar-refractivity contribution in [3.05, 3.63) is 0 Å². The van der Waals surface area contributed by atoms with Gasteiger partial charge in [-0.2, -0.15) is 0 Å². The molecule has 5 heteroatoms. The van der Waals surface area contributed by atoms with Gasteiger partial charge in [0.25, 0.3) is 0 Å². The molecule has 1 saturated carbocycles. The average Bonchev–Trinajstić information content (AvgIpc) is 2.91. The van der Waals surface area contributed by atoms with E-state index in [0.29, 0.717) is 12.5 Å². The highest BCUT2D eigenvalue weighted by Gasteiger charge is 2.28. The van der Waals surface area contributed by atoms with Crippen molar-refractivity contribution in [1.29, 1.82) is 0 Å². The molecule has 0 aromatic heterocycles. The highest BCUT2D eigenvalue weighted by atomic mass is 35.7. The van der Waals surface area contributed by atoms with Crippen molar-refractivity contribution in [1.82, 2.24) is 0 Å². The zero-order chi connectivity index (χ0) is 11.3. The number of hydrogen-bond donors (Lipinski definition) is 0. The predicted octanol–water partition coefficient (Wildman–Crippen LogP) is 2.54. The van der Waals surface area contributed by atoms with Crippen molar-refractivity contribution < 1.29 is 13.2 Å². The Morgan fingerprint density at radius 1 is 1.33 bits per heavy atom. The lowest BCUT2D eigenvalue weighted by Gasteiger charge is -2.11. The van der Waals surface area contributed by atoms with Crippen LogP contribution < -0.4 is 0 Å². The molecule has 0 aromatic rings. The summed E-state index contributed by atoms with van der Waals surface area (Å²) in [7, 11) is 1.79. The summed E-state index contributed by atoms with van der Waals surface area (Å²) in [6.45, 7) is 2.85. The Morgan fingerprint density at radius 2 is 2.00 bits per heavy atom. The summed E-state index contributed by atoms with van der Waals surface area (Å²) >= 11 is 0. The van der Waals surface area contributed by atoms with Crippen LogP contribution in [0.15, 0.2) is 0 Å². The Kier molecular flexibility index (Phi) is 5.36. The van der Waals surface area contributed by atoms with E-state index in [1.807, 2.05) is 0 Å². The van der Waals surface area contributed by atoms with Gasteiger partial charge < -0.3 is 4.74 Å². The van der Waals surface area contributed by atoms with Gasteiger partial charge in [0.1, 0.15) is 0 Å². The second kappa shape index (κ2) is 6.06. The van der Waals surface area contributed by atoms with Crippen LogP contribution in [0, 0.1) is 5.92 Å². The molecule has 0 bridgehead atoms. The molecule has 0 spiro atoms. The molecule has 90 valence electrons. The van der Waals surface area contributed by atoms with Crippen molar-refractivity contribution >= 4 is 19.7 Å². The fourth-order valence-corrected chi connectivity index (χ4v) is 2.40. The van der Waals surface area contributed by atoms with Gasteiger partial charge in [-0.05, 0) is 38.5 Å². The second-order valence-electron chi connectivity index (χ2n) is 4.22. The summed E-state index contributed by atoms with van der Waals surface area (Å²) in [6, 6.07) is 0. The van der Waals surface area contributed by atoms with E-state index in [1.165, 1.54) is 12.8 Å². The topological polar surface area (TPSA) is 43.4 Å². The molecule has 0 aromatic carbocycles. The Morgan fingerprint density at radius 3 is 2.53 bits per heavy atom. The van der Waals surface area contributed by atoms with E-state index in [2.05, 4.69) is 6.92 Å². The van der Waals surface area contributed by atoms with Crippen molar-refractivity contribution in [3.63, 3.8) is 0 Å². The molecule has 1 atom stereocenters. The summed E-state index contributed by atoms with van der Waals surface area (Å²) in [5, 5.41) is 0. The number of ether oxygens (including phenoxy) is 1. The van der Waals surface area contributed by atoms with Crippen molar-refractivity contribution in [2.24, 2.45) is 5.92 Å². The van der Waals surface area contributed by atoms with Gasteiger partial charge in [0.05, 0.1) is 11.9 Å². The van der Waals surface area contributed by atoms with Crippen LogP contribution in [0.4, 0.5) is 0 Å². The number of rotatable bonds is 8. The molecular weight excluding hydrogens is 236 g/mol. The number of unbranched alkanes of at least 4 members (excludes halogenated alkanes) is 2. The minimum absolute atomic E-state index is 0.0761. The van der Waals surface area contributed by atoms with E-state index in [-0.39, 0.29) is 5.75 Å². The minimum atomic E-state index is -3.30. The van der Waals surface area contributed by atoms with Gasteiger partial charge in [-0.1, -0.05) is 6.42 Å². The van der Waals surface area contributed by atoms with Crippen molar-refractivity contribution in [2.45, 2.75) is 45.1 Å². The van der Waals surface area contributed by atoms with Gasteiger partial charge in [-0.15, -0.1) is 0 Å². The fraction of sp³-hybridized carbons (Fsp3) is 1.00. The maximum atomic E-state index is 10.6. The fourth-order valence-electron chi connectivity index (χ4n) is 1.52.